The number of nitrogens with zero attached hydrogens (tertiary/aromatic N) is 5. The van der Waals surface area contributed by atoms with Gasteiger partial charge < -0.3 is 19.6 Å². The molecule has 2 aliphatic rings. The Balaban J connectivity index is 1.32. The van der Waals surface area contributed by atoms with E-state index >= 15 is 4.39 Å². The van der Waals surface area contributed by atoms with E-state index in [1.165, 1.54) is 24.5 Å². The van der Waals surface area contributed by atoms with E-state index in [4.69, 9.17) is 16.3 Å². The number of phenolic OH excluding ortho intramolecular Hbond substituents is 1. The minimum Gasteiger partial charge on any atom is -0.507 e. The van der Waals surface area contributed by atoms with Gasteiger partial charge in [-0.25, -0.2) is 18.7 Å². The van der Waals surface area contributed by atoms with Crippen LogP contribution in [-0.2, 0) is 9.53 Å². The maximum Gasteiger partial charge on any atom is 0.246 e. The van der Waals surface area contributed by atoms with Crippen LogP contribution in [-0.4, -0.2) is 89.8 Å². The number of amides is 1. The number of fused-ring (bicyclic) bond motifs is 1. The number of hydrogen-bond donors (Lipinski definition) is 1. The van der Waals surface area contributed by atoms with Crippen LogP contribution in [0.5, 0.6) is 5.75 Å². The van der Waals surface area contributed by atoms with Crippen LogP contribution in [0.2, 0.25) is 5.02 Å². The molecule has 11 heteroatoms. The number of ether oxygens (including phenoxy) is 1. The van der Waals surface area contributed by atoms with Gasteiger partial charge in [-0.15, -0.1) is 0 Å². The molecule has 3 heterocycles. The van der Waals surface area contributed by atoms with Crippen LogP contribution >= 0.6 is 11.6 Å². The molecule has 0 aliphatic carbocycles. The number of aromatic hydroxyl groups is 1. The van der Waals surface area contributed by atoms with Gasteiger partial charge in [0.15, 0.2) is 5.82 Å². The summed E-state index contributed by atoms with van der Waals surface area (Å²) >= 11 is 6.40. The second-order valence-corrected chi connectivity index (χ2v) is 9.31. The molecule has 1 aromatic heterocycles. The van der Waals surface area contributed by atoms with E-state index in [9.17, 15) is 14.3 Å². The molecule has 8 nitrogen and oxygen atoms in total. The van der Waals surface area contributed by atoms with Gasteiger partial charge in [-0.3, -0.25) is 9.69 Å². The van der Waals surface area contributed by atoms with Crippen molar-refractivity contribution in [3.05, 3.63) is 59.4 Å². The molecule has 0 atom stereocenters. The predicted molar refractivity (Wildman–Crippen MR) is 137 cm³/mol. The van der Waals surface area contributed by atoms with Crippen molar-refractivity contribution < 1.29 is 23.4 Å². The molecule has 0 unspecified atom stereocenters. The van der Waals surface area contributed by atoms with Gasteiger partial charge in [-0.05, 0) is 18.2 Å². The fourth-order valence-electron chi connectivity index (χ4n) is 4.69. The van der Waals surface area contributed by atoms with Gasteiger partial charge in [-0.1, -0.05) is 23.7 Å². The molecule has 2 aromatic carbocycles. The third-order valence-electron chi connectivity index (χ3n) is 6.66. The van der Waals surface area contributed by atoms with Crippen LogP contribution in [0.4, 0.5) is 14.6 Å². The van der Waals surface area contributed by atoms with Gasteiger partial charge >= 0.3 is 0 Å². The number of anilines is 1. The molecule has 0 spiro atoms. The van der Waals surface area contributed by atoms with Crippen molar-refractivity contribution in [1.82, 2.24) is 19.8 Å². The number of benzene rings is 2. The Morgan fingerprint density at radius 1 is 1.08 bits per heavy atom. The molecule has 194 valence electrons. The van der Waals surface area contributed by atoms with Crippen LogP contribution in [0.1, 0.15) is 0 Å². The minimum absolute atomic E-state index is 0.0309. The van der Waals surface area contributed by atoms with Crippen molar-refractivity contribution >= 4 is 34.2 Å². The van der Waals surface area contributed by atoms with Gasteiger partial charge in [0.2, 0.25) is 5.91 Å². The summed E-state index contributed by atoms with van der Waals surface area (Å²) in [5, 5.41) is 10.5. The lowest BCUT2D eigenvalue weighted by molar-refractivity contribution is -0.126. The Bertz CT molecular complexity index is 1320. The third kappa shape index (κ3) is 5.22. The van der Waals surface area contributed by atoms with Crippen LogP contribution in [0.15, 0.2) is 42.7 Å². The van der Waals surface area contributed by atoms with Gasteiger partial charge in [0.25, 0.3) is 0 Å². The second kappa shape index (κ2) is 11.0. The molecule has 0 bridgehead atoms. The number of hydrogen-bond acceptors (Lipinski definition) is 7. The van der Waals surface area contributed by atoms with E-state index in [0.29, 0.717) is 57.1 Å². The molecule has 1 amide bonds. The van der Waals surface area contributed by atoms with Crippen LogP contribution in [0.3, 0.4) is 0 Å². The lowest BCUT2D eigenvalue weighted by Crippen LogP contribution is -2.48. The van der Waals surface area contributed by atoms with Crippen LogP contribution < -0.4 is 4.90 Å². The highest BCUT2D eigenvalue weighted by molar-refractivity contribution is 6.34. The molecule has 2 saturated heterocycles. The molecule has 0 saturated carbocycles. The summed E-state index contributed by atoms with van der Waals surface area (Å²) in [6.07, 6.45) is 4.74. The first-order valence-electron chi connectivity index (χ1n) is 12.0. The molecule has 2 aliphatic heterocycles. The zero-order valence-electron chi connectivity index (χ0n) is 20.0. The van der Waals surface area contributed by atoms with E-state index in [0.717, 1.165) is 19.2 Å². The molecule has 37 heavy (non-hydrogen) atoms. The Morgan fingerprint density at radius 2 is 1.84 bits per heavy atom. The van der Waals surface area contributed by atoms with E-state index < -0.39 is 17.4 Å². The van der Waals surface area contributed by atoms with E-state index in [2.05, 4.69) is 14.9 Å². The highest BCUT2D eigenvalue weighted by atomic mass is 35.5. The van der Waals surface area contributed by atoms with Crippen molar-refractivity contribution in [3.63, 3.8) is 0 Å². The number of carbonyl (C=O) groups is 1. The summed E-state index contributed by atoms with van der Waals surface area (Å²) in [5.41, 5.74) is -0.605. The fraction of sp³-hybridized carbons (Fsp3) is 0.346. The zero-order valence-corrected chi connectivity index (χ0v) is 20.8. The lowest BCUT2D eigenvalue weighted by Gasteiger charge is -2.35. The highest BCUT2D eigenvalue weighted by Gasteiger charge is 2.26. The third-order valence-corrected chi connectivity index (χ3v) is 6.96. The standard InChI is InChI=1S/C26H26ClF2N5O3/c27-18-15-17-25(24(29)22(18)23-19(28)3-1-4-20(23)35)30-16-31-26(17)34-9-7-33(8-10-34)21(36)5-2-6-32-11-13-37-14-12-32/h1-5,15-16,35H,6-14H2/b5-2+. The molecule has 3 aromatic rings. The molecule has 0 radical (unpaired) electrons. The average Bonchev–Trinajstić information content (AvgIpc) is 2.91. The predicted octanol–water partition coefficient (Wildman–Crippen LogP) is 3.47. The van der Waals surface area contributed by atoms with Crippen molar-refractivity contribution in [3.8, 4) is 16.9 Å². The Labute approximate surface area is 217 Å². The summed E-state index contributed by atoms with van der Waals surface area (Å²) in [4.78, 5) is 27.0. The first kappa shape index (κ1) is 25.3. The summed E-state index contributed by atoms with van der Waals surface area (Å²) < 4.78 is 35.4. The molecular weight excluding hydrogens is 504 g/mol. The highest BCUT2D eigenvalue weighted by Crippen LogP contribution is 2.42. The van der Waals surface area contributed by atoms with Crippen LogP contribution in [0.25, 0.3) is 22.0 Å². The van der Waals surface area contributed by atoms with Gasteiger partial charge in [-0.2, -0.15) is 0 Å². The van der Waals surface area contributed by atoms with Gasteiger partial charge in [0, 0.05) is 62.8 Å². The maximum absolute atomic E-state index is 15.6. The number of piperazine rings is 1. The Kier molecular flexibility index (Phi) is 7.50. The number of carbonyl (C=O) groups excluding carboxylic acids is 1. The van der Waals surface area contributed by atoms with E-state index in [-0.39, 0.29) is 27.6 Å². The molecule has 5 rings (SSSR count). The summed E-state index contributed by atoms with van der Waals surface area (Å²) in [5.74, 6) is -1.64. The topological polar surface area (TPSA) is 82.0 Å². The first-order valence-corrected chi connectivity index (χ1v) is 12.4. The minimum atomic E-state index is -0.842. The van der Waals surface area contributed by atoms with Gasteiger partial charge in [0.05, 0.1) is 23.8 Å². The SMILES string of the molecule is O=C(/C=C/CN1CCOCC1)N1CCN(c2ncnc3c(F)c(-c4c(O)cccc4F)c(Cl)cc23)CC1. The van der Waals surface area contributed by atoms with Crippen molar-refractivity contribution in [1.29, 1.82) is 0 Å². The number of aromatic nitrogens is 2. The monoisotopic (exact) mass is 529 g/mol. The van der Waals surface area contributed by atoms with Gasteiger partial charge in [0.1, 0.15) is 29.2 Å². The number of phenols is 1. The largest absolute Gasteiger partial charge is 0.507 e. The summed E-state index contributed by atoms with van der Waals surface area (Å²) in [7, 11) is 0. The Hall–Kier alpha value is -3.34. The molecular formula is C26H26ClF2N5O3. The first-order chi connectivity index (χ1) is 17.9. The van der Waals surface area contributed by atoms with Crippen molar-refractivity contribution in [2.45, 2.75) is 0 Å². The summed E-state index contributed by atoms with van der Waals surface area (Å²) in [6, 6.07) is 5.20. The van der Waals surface area contributed by atoms with E-state index in [1.54, 1.807) is 11.0 Å². The summed E-state index contributed by atoms with van der Waals surface area (Å²) in [6.45, 7) is 5.78. The number of morpholine rings is 1. The Morgan fingerprint density at radius 3 is 2.57 bits per heavy atom. The average molecular weight is 530 g/mol. The molecule has 2 fully saturated rings. The molecule has 1 N–H and O–H groups in total. The normalized spacial score (nSPS) is 17.2. The maximum atomic E-state index is 15.6. The number of rotatable bonds is 5. The lowest BCUT2D eigenvalue weighted by atomic mass is 10.0. The van der Waals surface area contributed by atoms with E-state index in [1.807, 2.05) is 11.0 Å². The quantitative estimate of drug-likeness (QED) is 0.507. The number of halogens is 3. The second-order valence-electron chi connectivity index (χ2n) is 8.90. The fourth-order valence-corrected chi connectivity index (χ4v) is 4.97. The van der Waals surface area contributed by atoms with Crippen molar-refractivity contribution in [2.24, 2.45) is 0 Å². The smallest absolute Gasteiger partial charge is 0.246 e. The van der Waals surface area contributed by atoms with Crippen molar-refractivity contribution in [2.75, 3.05) is 63.9 Å². The van der Waals surface area contributed by atoms with Crippen LogP contribution in [0, 0.1) is 11.6 Å². The zero-order chi connectivity index (χ0) is 25.9.